The van der Waals surface area contributed by atoms with Gasteiger partial charge >= 0.3 is 0 Å². The van der Waals surface area contributed by atoms with Crippen LogP contribution in [0, 0.1) is 17.0 Å². The predicted octanol–water partition coefficient (Wildman–Crippen LogP) is 4.42. The molecule has 0 radical (unpaired) electrons. The number of non-ortho nitro benzene ring substituents is 1. The van der Waals surface area contributed by atoms with Gasteiger partial charge in [0.2, 0.25) is 5.91 Å². The van der Waals surface area contributed by atoms with Crippen LogP contribution in [-0.2, 0) is 18.4 Å². The molecule has 0 aliphatic carbocycles. The largest absolute Gasteiger partial charge is 0.378 e. The Morgan fingerprint density at radius 2 is 1.97 bits per heavy atom. The first-order chi connectivity index (χ1) is 14.7. The van der Waals surface area contributed by atoms with Crippen LogP contribution in [0.1, 0.15) is 18.3 Å². The lowest BCUT2D eigenvalue weighted by Gasteiger charge is -2.13. The smallest absolute Gasteiger partial charge is 0.271 e. The molecule has 0 unspecified atom stereocenters. The molecule has 0 spiro atoms. The minimum absolute atomic E-state index is 0.0765. The number of carbonyl (C=O) groups is 1. The van der Waals surface area contributed by atoms with Crippen LogP contribution in [0.5, 0.6) is 0 Å². The number of halogens is 1. The van der Waals surface area contributed by atoms with Gasteiger partial charge in [-0.3, -0.25) is 14.9 Å². The summed E-state index contributed by atoms with van der Waals surface area (Å²) in [6, 6.07) is 11.7. The quantitative estimate of drug-likeness (QED) is 0.290. The fourth-order valence-electron chi connectivity index (χ4n) is 2.65. The molecule has 0 aliphatic heterocycles. The molecule has 1 heterocycles. The normalized spacial score (nSPS) is 11.7. The highest BCUT2D eigenvalue weighted by Gasteiger charge is 2.20. The van der Waals surface area contributed by atoms with Gasteiger partial charge in [-0.25, -0.2) is 0 Å². The average Bonchev–Trinajstić information content (AvgIpc) is 3.08. The number of rotatable bonds is 8. The summed E-state index contributed by atoms with van der Waals surface area (Å²) in [5, 5.41) is 26.1. The summed E-state index contributed by atoms with van der Waals surface area (Å²) in [5.41, 5.74) is 1.98. The van der Waals surface area contributed by atoms with E-state index in [0.29, 0.717) is 28.2 Å². The molecule has 1 atom stereocenters. The van der Waals surface area contributed by atoms with Gasteiger partial charge in [-0.05, 0) is 43.7 Å². The first-order valence-corrected chi connectivity index (χ1v) is 10.6. The van der Waals surface area contributed by atoms with E-state index in [1.165, 1.54) is 23.9 Å². The Morgan fingerprint density at radius 1 is 1.26 bits per heavy atom. The number of aromatic nitrogens is 3. The number of nitrogens with one attached hydrogen (secondary N) is 2. The van der Waals surface area contributed by atoms with Crippen LogP contribution in [0.4, 0.5) is 17.1 Å². The highest BCUT2D eigenvalue weighted by Crippen LogP contribution is 2.26. The predicted molar refractivity (Wildman–Crippen MR) is 122 cm³/mol. The van der Waals surface area contributed by atoms with Gasteiger partial charge in [0.15, 0.2) is 11.0 Å². The molecule has 3 rings (SSSR count). The Balaban J connectivity index is 1.62. The Bertz CT molecular complexity index is 1100. The number of carbonyl (C=O) groups excluding carboxylic acids is 1. The topological polar surface area (TPSA) is 115 Å². The molecule has 162 valence electrons. The molecule has 3 aromatic rings. The zero-order chi connectivity index (χ0) is 22.5. The monoisotopic (exact) mass is 460 g/mol. The lowest BCUT2D eigenvalue weighted by molar-refractivity contribution is -0.384. The van der Waals surface area contributed by atoms with Crippen molar-refractivity contribution in [3.05, 3.63) is 69.0 Å². The van der Waals surface area contributed by atoms with Crippen molar-refractivity contribution < 1.29 is 9.72 Å². The van der Waals surface area contributed by atoms with Gasteiger partial charge in [-0.2, -0.15) is 0 Å². The fraction of sp³-hybridized carbons (Fsp3) is 0.250. The molecule has 1 amide bonds. The van der Waals surface area contributed by atoms with Gasteiger partial charge in [0.25, 0.3) is 5.69 Å². The van der Waals surface area contributed by atoms with Gasteiger partial charge < -0.3 is 15.2 Å². The van der Waals surface area contributed by atoms with Crippen molar-refractivity contribution in [2.45, 2.75) is 30.8 Å². The molecule has 2 aromatic carbocycles. The van der Waals surface area contributed by atoms with Crippen LogP contribution in [-0.4, -0.2) is 30.8 Å². The summed E-state index contributed by atoms with van der Waals surface area (Å²) in [7, 11) is 1.83. The number of nitro groups is 1. The number of nitro benzene ring substituents is 1. The molecule has 0 bridgehead atoms. The highest BCUT2D eigenvalue weighted by molar-refractivity contribution is 8.00. The molecule has 9 nitrogen and oxygen atoms in total. The standard InChI is InChI=1S/C20H21ClN6O3S/c1-12-4-9-16(27(29)30)10-17(12)23-19(28)13(2)31-20-25-24-18(26(20)3)11-22-15-7-5-14(21)6-8-15/h4-10,13,22H,11H2,1-3H3,(H,23,28)/t13-/m1/s1. The minimum Gasteiger partial charge on any atom is -0.378 e. The number of nitrogens with zero attached hydrogens (tertiary/aromatic N) is 4. The number of hydrogen-bond acceptors (Lipinski definition) is 7. The van der Waals surface area contributed by atoms with Crippen LogP contribution >= 0.6 is 23.4 Å². The van der Waals surface area contributed by atoms with E-state index in [1.807, 2.05) is 23.7 Å². The second kappa shape index (κ2) is 9.80. The van der Waals surface area contributed by atoms with Crippen molar-refractivity contribution in [1.29, 1.82) is 0 Å². The molecule has 31 heavy (non-hydrogen) atoms. The number of amides is 1. The van der Waals surface area contributed by atoms with Gasteiger partial charge in [-0.1, -0.05) is 29.4 Å². The first-order valence-electron chi connectivity index (χ1n) is 9.35. The summed E-state index contributed by atoms with van der Waals surface area (Å²) in [5.74, 6) is 0.428. The van der Waals surface area contributed by atoms with E-state index in [-0.39, 0.29) is 11.6 Å². The van der Waals surface area contributed by atoms with Crippen molar-refractivity contribution in [1.82, 2.24) is 14.8 Å². The minimum atomic E-state index is -0.494. The summed E-state index contributed by atoms with van der Waals surface area (Å²) in [6.07, 6.45) is 0. The summed E-state index contributed by atoms with van der Waals surface area (Å²) in [6.45, 7) is 3.98. The van der Waals surface area contributed by atoms with Crippen molar-refractivity contribution in [3.63, 3.8) is 0 Å². The Kier molecular flexibility index (Phi) is 7.13. The number of benzene rings is 2. The molecule has 2 N–H and O–H groups in total. The molecule has 0 aliphatic rings. The van der Waals surface area contributed by atoms with E-state index in [4.69, 9.17) is 11.6 Å². The zero-order valence-corrected chi connectivity index (χ0v) is 18.7. The average molecular weight is 461 g/mol. The third kappa shape index (κ3) is 5.74. The second-order valence-corrected chi connectivity index (χ2v) is 8.57. The summed E-state index contributed by atoms with van der Waals surface area (Å²) < 4.78 is 1.82. The zero-order valence-electron chi connectivity index (χ0n) is 17.1. The van der Waals surface area contributed by atoms with E-state index in [9.17, 15) is 14.9 Å². The highest BCUT2D eigenvalue weighted by atomic mass is 35.5. The molecule has 1 aromatic heterocycles. The first kappa shape index (κ1) is 22.6. The Hall–Kier alpha value is -3.11. The maximum Gasteiger partial charge on any atom is 0.271 e. The molecule has 0 saturated carbocycles. The maximum atomic E-state index is 12.6. The van der Waals surface area contributed by atoms with Crippen molar-refractivity contribution in [2.24, 2.45) is 7.05 Å². The molecule has 0 saturated heterocycles. The van der Waals surface area contributed by atoms with Crippen LogP contribution in [0.2, 0.25) is 5.02 Å². The SMILES string of the molecule is Cc1ccc([N+](=O)[O-])cc1NC(=O)[C@@H](C)Sc1nnc(CNc2ccc(Cl)cc2)n1C. The number of anilines is 2. The number of hydrogen-bond donors (Lipinski definition) is 2. The van der Waals surface area contributed by atoms with E-state index in [2.05, 4.69) is 20.8 Å². The van der Waals surface area contributed by atoms with E-state index in [1.54, 1.807) is 32.0 Å². The lowest BCUT2D eigenvalue weighted by Crippen LogP contribution is -2.23. The van der Waals surface area contributed by atoms with E-state index >= 15 is 0 Å². The van der Waals surface area contributed by atoms with Crippen LogP contribution in [0.25, 0.3) is 0 Å². The number of thioether (sulfide) groups is 1. The number of aryl methyl sites for hydroxylation is 1. The Labute approximate surface area is 188 Å². The van der Waals surface area contributed by atoms with Gasteiger partial charge in [0, 0.05) is 29.9 Å². The lowest BCUT2D eigenvalue weighted by atomic mass is 10.2. The van der Waals surface area contributed by atoms with Gasteiger partial charge in [-0.15, -0.1) is 10.2 Å². The van der Waals surface area contributed by atoms with Gasteiger partial charge in [0.05, 0.1) is 22.4 Å². The van der Waals surface area contributed by atoms with Crippen LogP contribution in [0.3, 0.4) is 0 Å². The third-order valence-corrected chi connectivity index (χ3v) is 5.95. The summed E-state index contributed by atoms with van der Waals surface area (Å²) >= 11 is 7.15. The van der Waals surface area contributed by atoms with Crippen molar-refractivity contribution >= 4 is 46.3 Å². The molecular weight excluding hydrogens is 440 g/mol. The van der Waals surface area contributed by atoms with Crippen molar-refractivity contribution in [3.8, 4) is 0 Å². The maximum absolute atomic E-state index is 12.6. The fourth-order valence-corrected chi connectivity index (χ4v) is 3.61. The Morgan fingerprint density at radius 3 is 2.65 bits per heavy atom. The molecular formula is C20H21ClN6O3S. The van der Waals surface area contributed by atoms with Crippen LogP contribution < -0.4 is 10.6 Å². The van der Waals surface area contributed by atoms with E-state index in [0.717, 1.165) is 11.3 Å². The molecule has 0 fully saturated rings. The van der Waals surface area contributed by atoms with E-state index < -0.39 is 10.2 Å². The molecule has 11 heteroatoms. The van der Waals surface area contributed by atoms with Crippen LogP contribution in [0.15, 0.2) is 47.6 Å². The second-order valence-electron chi connectivity index (χ2n) is 6.82. The van der Waals surface area contributed by atoms with Crippen molar-refractivity contribution in [2.75, 3.05) is 10.6 Å². The van der Waals surface area contributed by atoms with Gasteiger partial charge in [0.1, 0.15) is 0 Å². The summed E-state index contributed by atoms with van der Waals surface area (Å²) in [4.78, 5) is 23.1. The third-order valence-electron chi connectivity index (χ3n) is 4.56.